The molecule has 1 heterocycles. The Morgan fingerprint density at radius 1 is 1.12 bits per heavy atom. The standard InChI is InChI=1S/C12H9Cl2FN2/c1-6-2-7(4-8(15)3-6)11-9(13)5-10(14)12(16)17-11/h2-5H,1H3,(H2,16,17). The number of aryl methyl sites for hydroxylation is 1. The quantitative estimate of drug-likeness (QED) is 0.848. The molecule has 0 radical (unpaired) electrons. The summed E-state index contributed by atoms with van der Waals surface area (Å²) in [5, 5.41) is 0.626. The van der Waals surface area contributed by atoms with Crippen molar-refractivity contribution in [3.63, 3.8) is 0 Å². The first-order chi connectivity index (χ1) is 7.97. The van der Waals surface area contributed by atoms with Crippen molar-refractivity contribution in [3.05, 3.63) is 45.7 Å². The minimum atomic E-state index is -0.341. The smallest absolute Gasteiger partial charge is 0.143 e. The summed E-state index contributed by atoms with van der Waals surface area (Å²) in [6.45, 7) is 1.79. The Labute approximate surface area is 108 Å². The molecule has 0 fully saturated rings. The number of halogens is 3. The zero-order chi connectivity index (χ0) is 12.6. The van der Waals surface area contributed by atoms with Crippen LogP contribution in [0.4, 0.5) is 10.2 Å². The highest BCUT2D eigenvalue weighted by molar-refractivity contribution is 6.37. The number of aromatic nitrogens is 1. The van der Waals surface area contributed by atoms with Gasteiger partial charge in [0.1, 0.15) is 11.6 Å². The number of hydrogen-bond acceptors (Lipinski definition) is 2. The van der Waals surface area contributed by atoms with Crippen LogP contribution in [0.3, 0.4) is 0 Å². The normalized spacial score (nSPS) is 10.6. The van der Waals surface area contributed by atoms with Crippen molar-refractivity contribution in [1.82, 2.24) is 4.98 Å². The first-order valence-corrected chi connectivity index (χ1v) is 5.62. The van der Waals surface area contributed by atoms with Crippen LogP contribution in [-0.4, -0.2) is 4.98 Å². The fourth-order valence-electron chi connectivity index (χ4n) is 1.56. The summed E-state index contributed by atoms with van der Waals surface area (Å²) in [5.74, 6) is -0.167. The lowest BCUT2D eigenvalue weighted by molar-refractivity contribution is 0.627. The fourth-order valence-corrected chi connectivity index (χ4v) is 2.02. The molecule has 17 heavy (non-hydrogen) atoms. The van der Waals surface area contributed by atoms with E-state index in [1.54, 1.807) is 13.0 Å². The molecule has 2 rings (SSSR count). The molecule has 0 saturated heterocycles. The van der Waals surface area contributed by atoms with Gasteiger partial charge in [-0.2, -0.15) is 0 Å². The van der Waals surface area contributed by atoms with E-state index in [0.717, 1.165) is 5.56 Å². The van der Waals surface area contributed by atoms with Gasteiger partial charge >= 0.3 is 0 Å². The van der Waals surface area contributed by atoms with Crippen molar-refractivity contribution in [2.24, 2.45) is 0 Å². The number of anilines is 1. The lowest BCUT2D eigenvalue weighted by Crippen LogP contribution is -1.95. The Morgan fingerprint density at radius 3 is 2.47 bits per heavy atom. The van der Waals surface area contributed by atoms with E-state index in [0.29, 0.717) is 16.3 Å². The highest BCUT2D eigenvalue weighted by atomic mass is 35.5. The van der Waals surface area contributed by atoms with Gasteiger partial charge in [-0.15, -0.1) is 0 Å². The van der Waals surface area contributed by atoms with Crippen molar-refractivity contribution < 1.29 is 4.39 Å². The predicted octanol–water partition coefficient (Wildman–Crippen LogP) is 4.09. The molecule has 0 saturated carbocycles. The van der Waals surface area contributed by atoms with Crippen molar-refractivity contribution in [3.8, 4) is 11.3 Å². The number of benzene rings is 1. The number of nitrogens with zero attached hydrogens (tertiary/aromatic N) is 1. The van der Waals surface area contributed by atoms with Gasteiger partial charge in [0.15, 0.2) is 0 Å². The van der Waals surface area contributed by atoms with Crippen molar-refractivity contribution in [1.29, 1.82) is 0 Å². The Balaban J connectivity index is 2.64. The lowest BCUT2D eigenvalue weighted by Gasteiger charge is -2.07. The van der Waals surface area contributed by atoms with E-state index in [1.165, 1.54) is 18.2 Å². The van der Waals surface area contributed by atoms with E-state index >= 15 is 0 Å². The summed E-state index contributed by atoms with van der Waals surface area (Å²) in [6.07, 6.45) is 0. The summed E-state index contributed by atoms with van der Waals surface area (Å²) < 4.78 is 13.3. The number of pyridine rings is 1. The second-order valence-corrected chi connectivity index (χ2v) is 4.52. The van der Waals surface area contributed by atoms with Crippen LogP contribution in [0.25, 0.3) is 11.3 Å². The molecule has 5 heteroatoms. The van der Waals surface area contributed by atoms with Gasteiger partial charge in [0.05, 0.1) is 15.7 Å². The molecule has 0 spiro atoms. The number of nitrogen functional groups attached to an aromatic ring is 1. The average molecular weight is 271 g/mol. The van der Waals surface area contributed by atoms with Crippen molar-refractivity contribution >= 4 is 29.0 Å². The van der Waals surface area contributed by atoms with Gasteiger partial charge in [-0.3, -0.25) is 0 Å². The Bertz CT molecular complexity index is 565. The first kappa shape index (κ1) is 12.1. The second-order valence-electron chi connectivity index (χ2n) is 3.70. The Hall–Kier alpha value is -1.32. The third-order valence-corrected chi connectivity index (χ3v) is 2.86. The SMILES string of the molecule is Cc1cc(F)cc(-c2nc(N)c(Cl)cc2Cl)c1. The van der Waals surface area contributed by atoms with Crippen LogP contribution in [0.5, 0.6) is 0 Å². The highest BCUT2D eigenvalue weighted by Gasteiger charge is 2.10. The zero-order valence-corrected chi connectivity index (χ0v) is 10.5. The van der Waals surface area contributed by atoms with Crippen LogP contribution in [0.2, 0.25) is 10.0 Å². The molecule has 2 N–H and O–H groups in total. The highest BCUT2D eigenvalue weighted by Crippen LogP contribution is 2.31. The first-order valence-electron chi connectivity index (χ1n) is 4.86. The van der Waals surface area contributed by atoms with E-state index < -0.39 is 0 Å². The van der Waals surface area contributed by atoms with E-state index in [2.05, 4.69) is 4.98 Å². The average Bonchev–Trinajstić information content (AvgIpc) is 2.22. The molecule has 0 bridgehead atoms. The maximum Gasteiger partial charge on any atom is 0.143 e. The molecule has 2 nitrogen and oxygen atoms in total. The van der Waals surface area contributed by atoms with Crippen LogP contribution in [0, 0.1) is 12.7 Å². The lowest BCUT2D eigenvalue weighted by atomic mass is 10.1. The molecule has 0 unspecified atom stereocenters. The molecule has 2 aromatic rings. The van der Waals surface area contributed by atoms with Crippen LogP contribution < -0.4 is 5.73 Å². The van der Waals surface area contributed by atoms with Gasteiger partial charge in [0.25, 0.3) is 0 Å². The molecule has 88 valence electrons. The second kappa shape index (κ2) is 4.51. The predicted molar refractivity (Wildman–Crippen MR) is 68.8 cm³/mol. The zero-order valence-electron chi connectivity index (χ0n) is 8.97. The number of nitrogens with two attached hydrogens (primary N) is 1. The molecule has 0 aliphatic carbocycles. The third-order valence-electron chi connectivity index (χ3n) is 2.27. The van der Waals surface area contributed by atoms with Gasteiger partial charge < -0.3 is 5.73 Å². The molecule has 0 atom stereocenters. The molecular weight excluding hydrogens is 262 g/mol. The minimum absolute atomic E-state index is 0.174. The maximum atomic E-state index is 13.3. The number of hydrogen-bond donors (Lipinski definition) is 1. The third kappa shape index (κ3) is 2.51. The van der Waals surface area contributed by atoms with Crippen molar-refractivity contribution in [2.45, 2.75) is 6.92 Å². The Morgan fingerprint density at radius 2 is 1.82 bits per heavy atom. The maximum absolute atomic E-state index is 13.3. The molecule has 0 aliphatic heterocycles. The number of rotatable bonds is 1. The van der Waals surface area contributed by atoms with Gasteiger partial charge in [0.2, 0.25) is 0 Å². The summed E-state index contributed by atoms with van der Waals surface area (Å²) in [7, 11) is 0. The summed E-state index contributed by atoms with van der Waals surface area (Å²) in [6, 6.07) is 6.07. The van der Waals surface area contributed by atoms with Gasteiger partial charge in [-0.1, -0.05) is 23.2 Å². The monoisotopic (exact) mass is 270 g/mol. The molecule has 1 aromatic carbocycles. The van der Waals surface area contributed by atoms with E-state index in [1.807, 2.05) is 0 Å². The fraction of sp³-hybridized carbons (Fsp3) is 0.0833. The van der Waals surface area contributed by atoms with Crippen LogP contribution >= 0.6 is 23.2 Å². The minimum Gasteiger partial charge on any atom is -0.382 e. The van der Waals surface area contributed by atoms with Crippen LogP contribution in [-0.2, 0) is 0 Å². The van der Waals surface area contributed by atoms with E-state index in [9.17, 15) is 4.39 Å². The summed E-state index contributed by atoms with van der Waals surface area (Å²) in [4.78, 5) is 4.07. The summed E-state index contributed by atoms with van der Waals surface area (Å²) >= 11 is 11.8. The van der Waals surface area contributed by atoms with Crippen molar-refractivity contribution in [2.75, 3.05) is 5.73 Å². The van der Waals surface area contributed by atoms with Gasteiger partial charge in [-0.05, 0) is 36.8 Å². The van der Waals surface area contributed by atoms with Gasteiger partial charge in [-0.25, -0.2) is 9.37 Å². The van der Waals surface area contributed by atoms with Crippen LogP contribution in [0.1, 0.15) is 5.56 Å². The topological polar surface area (TPSA) is 38.9 Å². The Kier molecular flexibility index (Phi) is 3.22. The molecular formula is C12H9Cl2FN2. The van der Waals surface area contributed by atoms with E-state index in [-0.39, 0.29) is 16.7 Å². The van der Waals surface area contributed by atoms with Crippen LogP contribution in [0.15, 0.2) is 24.3 Å². The summed E-state index contributed by atoms with van der Waals surface area (Å²) in [5.41, 5.74) is 7.40. The molecule has 1 aromatic heterocycles. The largest absolute Gasteiger partial charge is 0.382 e. The van der Waals surface area contributed by atoms with Gasteiger partial charge in [0, 0.05) is 5.56 Å². The molecule has 0 aliphatic rings. The van der Waals surface area contributed by atoms with E-state index in [4.69, 9.17) is 28.9 Å². The molecule has 0 amide bonds.